The Labute approximate surface area is 105 Å². The lowest BCUT2D eigenvalue weighted by Gasteiger charge is -2.44. The van der Waals surface area contributed by atoms with Gasteiger partial charge in [-0.2, -0.15) is 0 Å². The second kappa shape index (κ2) is 6.72. The van der Waals surface area contributed by atoms with Crippen molar-refractivity contribution < 1.29 is 9.47 Å². The van der Waals surface area contributed by atoms with Gasteiger partial charge in [0.25, 0.3) is 0 Å². The molecule has 0 spiro atoms. The molecule has 2 aliphatic rings. The fraction of sp³-hybridized carbons (Fsp3) is 1.00. The second-order valence-corrected chi connectivity index (χ2v) is 5.62. The monoisotopic (exact) mass is 241 g/mol. The molecule has 0 N–H and O–H groups in total. The molecule has 0 unspecified atom stereocenters. The molecule has 0 aromatic heterocycles. The van der Waals surface area contributed by atoms with Crippen LogP contribution < -0.4 is 0 Å². The topological polar surface area (TPSA) is 21.7 Å². The Morgan fingerprint density at radius 1 is 0.765 bits per heavy atom. The summed E-state index contributed by atoms with van der Waals surface area (Å²) in [4.78, 5) is 2.65. The molecule has 0 aromatic carbocycles. The molecule has 3 nitrogen and oxygen atoms in total. The average molecular weight is 241 g/mol. The molecular formula is C14H27NO2. The third-order valence-corrected chi connectivity index (χ3v) is 4.29. The predicted octanol–water partition coefficient (Wildman–Crippen LogP) is 2.45. The number of hydrogen-bond donors (Lipinski definition) is 0. The first-order valence-electron chi connectivity index (χ1n) is 7.22. The van der Waals surface area contributed by atoms with Gasteiger partial charge in [-0.05, 0) is 26.2 Å². The fourth-order valence-corrected chi connectivity index (χ4v) is 3.14. The zero-order valence-electron chi connectivity index (χ0n) is 11.2. The van der Waals surface area contributed by atoms with E-state index in [1.807, 2.05) is 0 Å². The van der Waals surface area contributed by atoms with Crippen LogP contribution in [0.1, 0.15) is 45.4 Å². The molecule has 2 rings (SSSR count). The highest BCUT2D eigenvalue weighted by molar-refractivity contribution is 4.89. The van der Waals surface area contributed by atoms with E-state index in [2.05, 4.69) is 11.8 Å². The number of nitrogens with zero attached hydrogens (tertiary/aromatic N) is 1. The summed E-state index contributed by atoms with van der Waals surface area (Å²) in [6.45, 7) is 7.96. The third-order valence-electron chi connectivity index (χ3n) is 4.29. The summed E-state index contributed by atoms with van der Waals surface area (Å²) < 4.78 is 11.1. The van der Waals surface area contributed by atoms with Crippen molar-refractivity contribution >= 4 is 0 Å². The van der Waals surface area contributed by atoms with E-state index < -0.39 is 0 Å². The zero-order chi connectivity index (χ0) is 12.0. The van der Waals surface area contributed by atoms with E-state index in [-0.39, 0.29) is 0 Å². The molecule has 0 amide bonds. The van der Waals surface area contributed by atoms with Crippen molar-refractivity contribution in [3.8, 4) is 0 Å². The molecule has 1 saturated carbocycles. The lowest BCUT2D eigenvalue weighted by Crippen LogP contribution is -2.49. The highest BCUT2D eigenvalue weighted by Gasteiger charge is 2.32. The predicted molar refractivity (Wildman–Crippen MR) is 69.3 cm³/mol. The quantitative estimate of drug-likeness (QED) is 0.704. The maximum Gasteiger partial charge on any atom is 0.0701 e. The smallest absolute Gasteiger partial charge is 0.0701 e. The van der Waals surface area contributed by atoms with Crippen LogP contribution in [0.25, 0.3) is 0 Å². The minimum atomic E-state index is 0.417. The molecule has 2 fully saturated rings. The summed E-state index contributed by atoms with van der Waals surface area (Å²) >= 11 is 0. The van der Waals surface area contributed by atoms with Crippen molar-refractivity contribution in [2.24, 2.45) is 0 Å². The first-order chi connectivity index (χ1) is 8.31. The van der Waals surface area contributed by atoms with E-state index in [9.17, 15) is 0 Å². The fourth-order valence-electron chi connectivity index (χ4n) is 3.14. The van der Waals surface area contributed by atoms with Crippen LogP contribution in [0.3, 0.4) is 0 Å². The summed E-state index contributed by atoms with van der Waals surface area (Å²) in [5.74, 6) is 0. The van der Waals surface area contributed by atoms with Gasteiger partial charge in [-0.25, -0.2) is 0 Å². The van der Waals surface area contributed by atoms with Crippen molar-refractivity contribution in [2.45, 2.75) is 51.0 Å². The van der Waals surface area contributed by atoms with Crippen molar-refractivity contribution in [1.29, 1.82) is 0 Å². The Morgan fingerprint density at radius 3 is 2.24 bits per heavy atom. The Kier molecular flexibility index (Phi) is 5.26. The van der Waals surface area contributed by atoms with Gasteiger partial charge in [-0.3, -0.25) is 4.90 Å². The van der Waals surface area contributed by atoms with Gasteiger partial charge in [-0.1, -0.05) is 19.3 Å². The Morgan fingerprint density at radius 2 is 1.47 bits per heavy atom. The van der Waals surface area contributed by atoms with Crippen LogP contribution in [0.15, 0.2) is 0 Å². The molecule has 3 heteroatoms. The summed E-state index contributed by atoms with van der Waals surface area (Å²) in [5, 5.41) is 0. The van der Waals surface area contributed by atoms with Crippen LogP contribution in [0.2, 0.25) is 0 Å². The van der Waals surface area contributed by atoms with Crippen LogP contribution in [-0.4, -0.2) is 50.0 Å². The van der Waals surface area contributed by atoms with Gasteiger partial charge in [0.05, 0.1) is 19.8 Å². The standard InChI is InChI=1S/C14H27NO2/c1-14(6-3-2-4-7-14)15-8-5-10-16-12-13-17-11-9-15/h2-13H2,1H3. The van der Waals surface area contributed by atoms with Crippen molar-refractivity contribution in [1.82, 2.24) is 4.90 Å². The number of hydrogen-bond acceptors (Lipinski definition) is 3. The normalized spacial score (nSPS) is 28.8. The Bertz CT molecular complexity index is 204. The molecule has 17 heavy (non-hydrogen) atoms. The zero-order valence-corrected chi connectivity index (χ0v) is 11.2. The van der Waals surface area contributed by atoms with Crippen LogP contribution in [0.5, 0.6) is 0 Å². The van der Waals surface area contributed by atoms with Crippen molar-refractivity contribution in [2.75, 3.05) is 39.5 Å². The minimum absolute atomic E-state index is 0.417. The molecule has 1 aliphatic carbocycles. The van der Waals surface area contributed by atoms with Gasteiger partial charge in [0.15, 0.2) is 0 Å². The molecule has 0 bridgehead atoms. The molecule has 0 aromatic rings. The summed E-state index contributed by atoms with van der Waals surface area (Å²) in [6.07, 6.45) is 8.08. The van der Waals surface area contributed by atoms with E-state index >= 15 is 0 Å². The number of ether oxygens (including phenoxy) is 2. The lowest BCUT2D eigenvalue weighted by atomic mass is 9.81. The van der Waals surface area contributed by atoms with Gasteiger partial charge in [0.1, 0.15) is 0 Å². The first kappa shape index (κ1) is 13.3. The molecule has 100 valence electrons. The van der Waals surface area contributed by atoms with Crippen LogP contribution >= 0.6 is 0 Å². The van der Waals surface area contributed by atoms with E-state index in [1.165, 1.54) is 38.6 Å². The van der Waals surface area contributed by atoms with E-state index in [0.717, 1.165) is 39.4 Å². The van der Waals surface area contributed by atoms with Gasteiger partial charge in [0, 0.05) is 25.2 Å². The highest BCUT2D eigenvalue weighted by Crippen LogP contribution is 2.33. The SMILES string of the molecule is CC1(N2CCCOCCOCC2)CCCCC1. The molecule has 1 aliphatic heterocycles. The van der Waals surface area contributed by atoms with Crippen LogP contribution in [-0.2, 0) is 9.47 Å². The van der Waals surface area contributed by atoms with Crippen LogP contribution in [0.4, 0.5) is 0 Å². The largest absolute Gasteiger partial charge is 0.379 e. The van der Waals surface area contributed by atoms with Gasteiger partial charge >= 0.3 is 0 Å². The summed E-state index contributed by atoms with van der Waals surface area (Å²) in [5.41, 5.74) is 0.417. The van der Waals surface area contributed by atoms with E-state index in [1.54, 1.807) is 0 Å². The Balaban J connectivity index is 1.89. The maximum atomic E-state index is 5.61. The van der Waals surface area contributed by atoms with Gasteiger partial charge in [-0.15, -0.1) is 0 Å². The summed E-state index contributed by atoms with van der Waals surface area (Å²) in [6, 6.07) is 0. The van der Waals surface area contributed by atoms with Crippen LogP contribution in [0, 0.1) is 0 Å². The molecule has 1 heterocycles. The third kappa shape index (κ3) is 3.94. The first-order valence-corrected chi connectivity index (χ1v) is 7.22. The highest BCUT2D eigenvalue weighted by atomic mass is 16.5. The lowest BCUT2D eigenvalue weighted by molar-refractivity contribution is -0.0116. The van der Waals surface area contributed by atoms with E-state index in [0.29, 0.717) is 5.54 Å². The maximum absolute atomic E-state index is 5.61. The molecule has 1 saturated heterocycles. The van der Waals surface area contributed by atoms with Gasteiger partial charge < -0.3 is 9.47 Å². The van der Waals surface area contributed by atoms with E-state index in [4.69, 9.17) is 9.47 Å². The van der Waals surface area contributed by atoms with Gasteiger partial charge in [0.2, 0.25) is 0 Å². The molecular weight excluding hydrogens is 214 g/mol. The van der Waals surface area contributed by atoms with Crippen molar-refractivity contribution in [3.05, 3.63) is 0 Å². The van der Waals surface area contributed by atoms with Crippen molar-refractivity contribution in [3.63, 3.8) is 0 Å². The average Bonchev–Trinajstić information content (AvgIpc) is 2.36. The molecule has 0 atom stereocenters. The minimum Gasteiger partial charge on any atom is -0.379 e. The molecule has 0 radical (unpaired) electrons. The summed E-state index contributed by atoms with van der Waals surface area (Å²) in [7, 11) is 0. The Hall–Kier alpha value is -0.120. The second-order valence-electron chi connectivity index (χ2n) is 5.62. The number of rotatable bonds is 1.